The zero-order valence-corrected chi connectivity index (χ0v) is 46.5. The Kier molecular flexibility index (Phi) is 17.0. The largest absolute Gasteiger partial charge is 0.393 e. The van der Waals surface area contributed by atoms with Crippen molar-refractivity contribution < 1.29 is 36.6 Å². The molecule has 9 rings (SSSR count). The van der Waals surface area contributed by atoms with Gasteiger partial charge >= 0.3 is 6.18 Å². The summed E-state index contributed by atoms with van der Waals surface area (Å²) in [5.74, 6) is 0.511. The van der Waals surface area contributed by atoms with Crippen LogP contribution in [0.2, 0.25) is 5.02 Å². The number of thioether (sulfide) groups is 1. The molecule has 0 unspecified atom stereocenters. The van der Waals surface area contributed by atoms with Crippen LogP contribution in [0.5, 0.6) is 0 Å². The van der Waals surface area contributed by atoms with Gasteiger partial charge in [0.2, 0.25) is 0 Å². The number of likely N-dealkylation sites (tertiary alicyclic amines) is 2. The molecule has 1 atom stereocenters. The van der Waals surface area contributed by atoms with Crippen LogP contribution >= 0.6 is 23.4 Å². The van der Waals surface area contributed by atoms with Crippen molar-refractivity contribution >= 4 is 62.0 Å². The fourth-order valence-electron chi connectivity index (χ4n) is 10.6. The Morgan fingerprint density at radius 3 is 2.01 bits per heavy atom. The SMILES string of the molecule is Cc1c(C(=O)N2CCC(C)(O)CC2)c(-c2cccc(N3CCN(c4ccc(NS(=O)(=O)c5ccc(N[C@H](CCN6CCC(C)(O)CC6)CSc6ccccc6)c(CC(F)(F)F)c5)cc4)CC3)c2)c(-c2ccc(Cl)cc2)n1C. The maximum Gasteiger partial charge on any atom is 0.393 e. The van der Waals surface area contributed by atoms with Gasteiger partial charge in [0.1, 0.15) is 0 Å². The third-order valence-electron chi connectivity index (χ3n) is 15.5. The highest BCUT2D eigenvalue weighted by Gasteiger charge is 2.35. The van der Waals surface area contributed by atoms with Crippen LogP contribution in [-0.4, -0.2) is 127 Å². The molecule has 5 aromatic carbocycles. The Hall–Kier alpha value is -5.69. The van der Waals surface area contributed by atoms with Crippen molar-refractivity contribution in [3.63, 3.8) is 0 Å². The first-order valence-electron chi connectivity index (χ1n) is 26.4. The topological polar surface area (TPSA) is 134 Å². The van der Waals surface area contributed by atoms with E-state index in [0.29, 0.717) is 94.3 Å². The molecule has 4 heterocycles. The normalized spacial score (nSPS) is 17.6. The number of aliphatic hydroxyl groups is 2. The van der Waals surface area contributed by atoms with E-state index in [4.69, 9.17) is 11.6 Å². The molecule has 12 nitrogen and oxygen atoms in total. The molecule has 18 heteroatoms. The predicted octanol–water partition coefficient (Wildman–Crippen LogP) is 11.3. The minimum absolute atomic E-state index is 0.0606. The fourth-order valence-corrected chi connectivity index (χ4v) is 12.9. The van der Waals surface area contributed by atoms with Crippen LogP contribution in [0.3, 0.4) is 0 Å². The van der Waals surface area contributed by atoms with E-state index in [1.807, 2.05) is 112 Å². The van der Waals surface area contributed by atoms with Gasteiger partial charge in [-0.25, -0.2) is 8.42 Å². The number of nitrogens with zero attached hydrogens (tertiary/aromatic N) is 5. The van der Waals surface area contributed by atoms with Crippen LogP contribution in [0.4, 0.5) is 35.9 Å². The van der Waals surface area contributed by atoms with E-state index in [0.717, 1.165) is 63.5 Å². The van der Waals surface area contributed by atoms with E-state index >= 15 is 0 Å². The summed E-state index contributed by atoms with van der Waals surface area (Å²) >= 11 is 7.94. The van der Waals surface area contributed by atoms with Gasteiger partial charge in [-0.3, -0.25) is 9.52 Å². The van der Waals surface area contributed by atoms with Crippen LogP contribution < -0.4 is 19.8 Å². The molecule has 6 aromatic rings. The monoisotopic (exact) mass is 1110 g/mol. The molecule has 0 saturated carbocycles. The molecule has 0 spiro atoms. The summed E-state index contributed by atoms with van der Waals surface area (Å²) in [6, 6.07) is 36.4. The van der Waals surface area contributed by atoms with Gasteiger partial charge in [-0.1, -0.05) is 54.1 Å². The van der Waals surface area contributed by atoms with Crippen molar-refractivity contribution in [1.82, 2.24) is 14.4 Å². The van der Waals surface area contributed by atoms with E-state index in [9.17, 15) is 36.6 Å². The number of anilines is 4. The number of alkyl halides is 3. The number of nitrogens with one attached hydrogen (secondary N) is 2. The number of rotatable bonds is 17. The first-order chi connectivity index (χ1) is 36.6. The summed E-state index contributed by atoms with van der Waals surface area (Å²) in [6.45, 7) is 11.4. The second-order valence-electron chi connectivity index (χ2n) is 21.4. The van der Waals surface area contributed by atoms with E-state index in [-0.39, 0.29) is 33.8 Å². The molecule has 410 valence electrons. The quantitative estimate of drug-likeness (QED) is 0.0654. The first kappa shape index (κ1) is 56.0. The maximum atomic E-state index is 14.5. The fraction of sp³-hybridized carbons (Fsp3) is 0.407. The van der Waals surface area contributed by atoms with Gasteiger partial charge in [0.15, 0.2) is 0 Å². The van der Waals surface area contributed by atoms with Crippen LogP contribution in [0.15, 0.2) is 131 Å². The number of piperazine rings is 1. The molecule has 77 heavy (non-hydrogen) atoms. The Balaban J connectivity index is 0.873. The van der Waals surface area contributed by atoms with Crippen molar-refractivity contribution in [2.75, 3.05) is 84.5 Å². The second kappa shape index (κ2) is 23.3. The average Bonchev–Trinajstić information content (AvgIpc) is 3.71. The van der Waals surface area contributed by atoms with Crippen LogP contribution in [0.25, 0.3) is 22.4 Å². The summed E-state index contributed by atoms with van der Waals surface area (Å²) in [7, 11) is -2.31. The molecule has 4 N–H and O–H groups in total. The van der Waals surface area contributed by atoms with E-state index in [1.165, 1.54) is 12.1 Å². The van der Waals surface area contributed by atoms with Gasteiger partial charge < -0.3 is 39.7 Å². The number of sulfonamides is 1. The Morgan fingerprint density at radius 1 is 0.753 bits per heavy atom. The lowest BCUT2D eigenvalue weighted by molar-refractivity contribution is -0.127. The van der Waals surface area contributed by atoms with Crippen molar-refractivity contribution in [3.05, 3.63) is 143 Å². The maximum absolute atomic E-state index is 14.5. The van der Waals surface area contributed by atoms with E-state index in [2.05, 4.69) is 41.4 Å². The zero-order valence-electron chi connectivity index (χ0n) is 44.1. The van der Waals surface area contributed by atoms with Crippen molar-refractivity contribution in [3.8, 4) is 22.4 Å². The van der Waals surface area contributed by atoms with E-state index in [1.54, 1.807) is 23.9 Å². The number of carbonyl (C=O) groups is 1. The number of hydrogen-bond donors (Lipinski definition) is 4. The minimum Gasteiger partial charge on any atom is -0.390 e. The summed E-state index contributed by atoms with van der Waals surface area (Å²) < 4.78 is 75.0. The van der Waals surface area contributed by atoms with Gasteiger partial charge in [-0.2, -0.15) is 13.2 Å². The predicted molar refractivity (Wildman–Crippen MR) is 305 cm³/mol. The molecule has 3 aliphatic heterocycles. The molecular formula is C59H69ClF3N7O5S2. The summed E-state index contributed by atoms with van der Waals surface area (Å²) in [5.41, 5.74) is 5.83. The minimum atomic E-state index is -4.59. The Morgan fingerprint density at radius 2 is 1.38 bits per heavy atom. The molecule has 1 amide bonds. The van der Waals surface area contributed by atoms with Gasteiger partial charge in [0, 0.05) is 122 Å². The summed E-state index contributed by atoms with van der Waals surface area (Å²) in [6.07, 6.45) is -2.97. The molecule has 3 saturated heterocycles. The number of aromatic nitrogens is 1. The Labute approximate surface area is 460 Å². The van der Waals surface area contributed by atoms with Gasteiger partial charge in [0.05, 0.1) is 33.8 Å². The number of hydrogen-bond acceptors (Lipinski definition) is 10. The third kappa shape index (κ3) is 14.0. The Bertz CT molecular complexity index is 3110. The standard InChI is InChI=1S/C59H69ClF3N7O5S2/c1-41-53(56(71)70-31-26-58(3,73)27-32-70)54(55(66(41)4)42-13-15-45(60)16-14-42)43-9-8-10-49(37-43)69-35-33-68(34-36-69)48-19-17-46(18-20-48)65-77(74,75)51-21-22-52(44(38-51)39-59(61,62)63)64-47(40-76-50-11-6-5-7-12-50)23-28-67-29-24-57(2,72)25-30-67/h5-22,37-38,47,64-65,72-73H,23-36,39-40H2,1-4H3/t47-/m1/s1. The smallest absolute Gasteiger partial charge is 0.390 e. The van der Waals surface area contributed by atoms with Crippen LogP contribution in [0, 0.1) is 6.92 Å². The van der Waals surface area contributed by atoms with Crippen molar-refractivity contribution in [2.45, 2.75) is 92.5 Å². The summed E-state index contributed by atoms with van der Waals surface area (Å²) in [4.78, 5) is 23.9. The average molecular weight is 1110 g/mol. The van der Waals surface area contributed by atoms with Gasteiger partial charge in [0.25, 0.3) is 15.9 Å². The van der Waals surface area contributed by atoms with Gasteiger partial charge in [-0.15, -0.1) is 11.8 Å². The highest BCUT2D eigenvalue weighted by atomic mass is 35.5. The lowest BCUT2D eigenvalue weighted by atomic mass is 9.92. The molecule has 3 fully saturated rings. The highest BCUT2D eigenvalue weighted by Crippen LogP contribution is 2.42. The van der Waals surface area contributed by atoms with Crippen LogP contribution in [-0.2, 0) is 23.5 Å². The number of amides is 1. The number of halogens is 4. The first-order valence-corrected chi connectivity index (χ1v) is 29.2. The van der Waals surface area contributed by atoms with Gasteiger partial charge in [-0.05, 0) is 148 Å². The molecular weight excluding hydrogens is 1040 g/mol. The molecule has 0 bridgehead atoms. The van der Waals surface area contributed by atoms with E-state index < -0.39 is 33.8 Å². The molecule has 0 radical (unpaired) electrons. The molecule has 3 aliphatic rings. The number of carbonyl (C=O) groups excluding carboxylic acids is 1. The zero-order chi connectivity index (χ0) is 54.7. The number of benzene rings is 5. The highest BCUT2D eigenvalue weighted by molar-refractivity contribution is 7.99. The lowest BCUT2D eigenvalue weighted by Crippen LogP contribution is -2.46. The lowest BCUT2D eigenvalue weighted by Gasteiger charge is -2.37. The van der Waals surface area contributed by atoms with Crippen molar-refractivity contribution in [1.29, 1.82) is 0 Å². The summed E-state index contributed by atoms with van der Waals surface area (Å²) in [5, 5.41) is 25.1. The second-order valence-corrected chi connectivity index (χ2v) is 24.6. The molecule has 0 aliphatic carbocycles. The number of piperidine rings is 2. The third-order valence-corrected chi connectivity index (χ3v) is 18.3. The van der Waals surface area contributed by atoms with Crippen molar-refractivity contribution in [2.24, 2.45) is 7.05 Å². The van der Waals surface area contributed by atoms with Crippen LogP contribution in [0.1, 0.15) is 67.6 Å². The molecule has 1 aromatic heterocycles.